The van der Waals surface area contributed by atoms with Crippen molar-refractivity contribution in [2.24, 2.45) is 0 Å². The summed E-state index contributed by atoms with van der Waals surface area (Å²) in [6.45, 7) is 3.79. The van der Waals surface area contributed by atoms with Gasteiger partial charge in [0.2, 0.25) is 5.91 Å². The molecule has 3 aromatic rings. The molecular weight excluding hydrogens is 347 g/mol. The van der Waals surface area contributed by atoms with E-state index in [4.69, 9.17) is 0 Å². The summed E-state index contributed by atoms with van der Waals surface area (Å²) in [5.74, 6) is 0.831. The average molecular weight is 361 g/mol. The summed E-state index contributed by atoms with van der Waals surface area (Å²) in [4.78, 5) is 24.0. The van der Waals surface area contributed by atoms with Gasteiger partial charge in [-0.3, -0.25) is 9.36 Å². The predicted molar refractivity (Wildman–Crippen MR) is 88.1 cm³/mol. The zero-order chi connectivity index (χ0) is 18.6. The van der Waals surface area contributed by atoms with Crippen LogP contribution in [0, 0.1) is 0 Å². The first kappa shape index (κ1) is 16.5. The summed E-state index contributed by atoms with van der Waals surface area (Å²) in [7, 11) is 0. The number of carbonyl (C=O) groups is 1. The van der Waals surface area contributed by atoms with Gasteiger partial charge in [0.25, 0.3) is 0 Å². The van der Waals surface area contributed by atoms with Crippen LogP contribution in [-0.4, -0.2) is 25.4 Å². The molecule has 0 fully saturated rings. The van der Waals surface area contributed by atoms with Crippen LogP contribution in [0.5, 0.6) is 0 Å². The molecule has 0 atom stereocenters. The minimum atomic E-state index is -4.55. The van der Waals surface area contributed by atoms with Crippen LogP contribution >= 0.6 is 0 Å². The van der Waals surface area contributed by atoms with Crippen molar-refractivity contribution in [3.8, 4) is 5.69 Å². The molecule has 1 aliphatic heterocycles. The van der Waals surface area contributed by atoms with E-state index < -0.39 is 11.9 Å². The smallest absolute Gasteiger partial charge is 0.310 e. The van der Waals surface area contributed by atoms with E-state index in [2.05, 4.69) is 20.3 Å². The van der Waals surface area contributed by atoms with Crippen LogP contribution in [0.25, 0.3) is 16.9 Å². The van der Waals surface area contributed by atoms with Crippen molar-refractivity contribution >= 4 is 22.9 Å². The number of imidazole rings is 1. The van der Waals surface area contributed by atoms with Gasteiger partial charge in [-0.15, -0.1) is 0 Å². The van der Waals surface area contributed by atoms with Crippen molar-refractivity contribution in [2.45, 2.75) is 32.4 Å². The third-order valence-electron chi connectivity index (χ3n) is 4.16. The molecule has 6 nitrogen and oxygen atoms in total. The van der Waals surface area contributed by atoms with E-state index in [1.807, 2.05) is 13.8 Å². The Kier molecular flexibility index (Phi) is 3.50. The Bertz CT molecular complexity index is 1040. The third kappa shape index (κ3) is 2.59. The first-order chi connectivity index (χ1) is 12.2. The lowest BCUT2D eigenvalue weighted by Crippen LogP contribution is -2.09. The number of aromatic nitrogens is 4. The molecule has 1 aliphatic rings. The Balaban J connectivity index is 1.97. The number of alkyl halides is 3. The lowest BCUT2D eigenvalue weighted by Gasteiger charge is -2.12. The van der Waals surface area contributed by atoms with Crippen LogP contribution in [0.4, 0.5) is 19.0 Å². The molecule has 26 heavy (non-hydrogen) atoms. The molecule has 134 valence electrons. The van der Waals surface area contributed by atoms with Gasteiger partial charge >= 0.3 is 6.18 Å². The van der Waals surface area contributed by atoms with Gasteiger partial charge in [-0.05, 0) is 18.2 Å². The SMILES string of the molecule is CC(C)c1nc2ccc(C(F)(F)F)nc2n1-c1cnc2c(c1)CC(=O)N2. The number of carbonyl (C=O) groups excluding carboxylic acids is 1. The van der Waals surface area contributed by atoms with Crippen LogP contribution in [0.2, 0.25) is 0 Å². The minimum absolute atomic E-state index is 0.0495. The molecule has 1 N–H and O–H groups in total. The molecule has 0 saturated carbocycles. The Morgan fingerprint density at radius 2 is 2.00 bits per heavy atom. The fourth-order valence-corrected chi connectivity index (χ4v) is 2.99. The van der Waals surface area contributed by atoms with Crippen LogP contribution in [-0.2, 0) is 17.4 Å². The second-order valence-electron chi connectivity index (χ2n) is 6.42. The standard InChI is InChI=1S/C17H14F3N5O/c1-8(2)15-22-11-3-4-12(17(18,19)20)23-16(11)25(15)10-5-9-6-13(26)24-14(9)21-7-10/h3-5,7-8H,6H2,1-2H3,(H,21,24,26). The first-order valence-electron chi connectivity index (χ1n) is 8.00. The summed E-state index contributed by atoms with van der Waals surface area (Å²) in [6.07, 6.45) is -2.87. The van der Waals surface area contributed by atoms with E-state index in [0.29, 0.717) is 28.4 Å². The van der Waals surface area contributed by atoms with Crippen molar-refractivity contribution in [2.75, 3.05) is 5.32 Å². The number of rotatable bonds is 2. The van der Waals surface area contributed by atoms with E-state index in [1.165, 1.54) is 12.3 Å². The highest BCUT2D eigenvalue weighted by Crippen LogP contribution is 2.32. The zero-order valence-corrected chi connectivity index (χ0v) is 13.9. The van der Waals surface area contributed by atoms with Gasteiger partial charge in [-0.25, -0.2) is 15.0 Å². The molecular formula is C17H14F3N5O. The summed E-state index contributed by atoms with van der Waals surface area (Å²) < 4.78 is 40.8. The average Bonchev–Trinajstić information content (AvgIpc) is 3.11. The summed E-state index contributed by atoms with van der Waals surface area (Å²) >= 11 is 0. The van der Waals surface area contributed by atoms with Crippen molar-refractivity contribution in [1.82, 2.24) is 19.5 Å². The quantitative estimate of drug-likeness (QED) is 0.759. The maximum absolute atomic E-state index is 13.1. The minimum Gasteiger partial charge on any atom is -0.310 e. The molecule has 0 saturated heterocycles. The third-order valence-corrected chi connectivity index (χ3v) is 4.16. The molecule has 4 rings (SSSR count). The van der Waals surface area contributed by atoms with Gasteiger partial charge in [0, 0.05) is 11.5 Å². The maximum atomic E-state index is 13.1. The largest absolute Gasteiger partial charge is 0.433 e. The summed E-state index contributed by atoms with van der Waals surface area (Å²) in [6, 6.07) is 3.97. The fraction of sp³-hybridized carbons (Fsp3) is 0.294. The maximum Gasteiger partial charge on any atom is 0.433 e. The number of pyridine rings is 2. The number of anilines is 1. The zero-order valence-electron chi connectivity index (χ0n) is 13.9. The lowest BCUT2D eigenvalue weighted by molar-refractivity contribution is -0.141. The number of halogens is 3. The lowest BCUT2D eigenvalue weighted by atomic mass is 10.2. The highest BCUT2D eigenvalue weighted by molar-refractivity contribution is 5.98. The van der Waals surface area contributed by atoms with E-state index in [0.717, 1.165) is 6.07 Å². The molecule has 0 spiro atoms. The monoisotopic (exact) mass is 361 g/mol. The van der Waals surface area contributed by atoms with E-state index in [-0.39, 0.29) is 23.9 Å². The van der Waals surface area contributed by atoms with Crippen molar-refractivity contribution in [1.29, 1.82) is 0 Å². The molecule has 0 bridgehead atoms. The molecule has 0 unspecified atom stereocenters. The normalized spacial score (nSPS) is 14.2. The van der Waals surface area contributed by atoms with Gasteiger partial charge in [-0.2, -0.15) is 13.2 Å². The van der Waals surface area contributed by atoms with E-state index in [9.17, 15) is 18.0 Å². The van der Waals surface area contributed by atoms with Crippen molar-refractivity contribution in [3.05, 3.63) is 41.5 Å². The predicted octanol–water partition coefficient (Wildman–Crippen LogP) is 3.45. The fourth-order valence-electron chi connectivity index (χ4n) is 2.99. The summed E-state index contributed by atoms with van der Waals surface area (Å²) in [5, 5.41) is 2.63. The number of hydrogen-bond donors (Lipinski definition) is 1. The molecule has 0 aromatic carbocycles. The second kappa shape index (κ2) is 5.52. The summed E-state index contributed by atoms with van der Waals surface area (Å²) in [5.41, 5.74) is 0.723. The Morgan fingerprint density at radius 3 is 2.69 bits per heavy atom. The molecule has 0 radical (unpaired) electrons. The molecule has 1 amide bonds. The first-order valence-corrected chi connectivity index (χ1v) is 8.00. The van der Waals surface area contributed by atoms with Crippen molar-refractivity contribution in [3.63, 3.8) is 0 Å². The van der Waals surface area contributed by atoms with Gasteiger partial charge in [-0.1, -0.05) is 13.8 Å². The van der Waals surface area contributed by atoms with Gasteiger partial charge in [0.05, 0.1) is 18.3 Å². The number of fused-ring (bicyclic) bond motifs is 2. The topological polar surface area (TPSA) is 72.7 Å². The Morgan fingerprint density at radius 1 is 1.23 bits per heavy atom. The number of nitrogens with one attached hydrogen (secondary N) is 1. The van der Waals surface area contributed by atoms with E-state index >= 15 is 0 Å². The molecule has 0 aliphatic carbocycles. The highest BCUT2D eigenvalue weighted by Gasteiger charge is 2.33. The van der Waals surface area contributed by atoms with Crippen LogP contribution < -0.4 is 5.32 Å². The molecule has 3 aromatic heterocycles. The number of nitrogens with zero attached hydrogens (tertiary/aromatic N) is 4. The van der Waals surface area contributed by atoms with Gasteiger partial charge in [0.1, 0.15) is 22.9 Å². The van der Waals surface area contributed by atoms with Gasteiger partial charge < -0.3 is 5.32 Å². The van der Waals surface area contributed by atoms with Crippen LogP contribution in [0.1, 0.15) is 36.8 Å². The number of amides is 1. The molecule has 9 heteroatoms. The number of hydrogen-bond acceptors (Lipinski definition) is 4. The Hall–Kier alpha value is -2.97. The highest BCUT2D eigenvalue weighted by atomic mass is 19.4. The van der Waals surface area contributed by atoms with Crippen LogP contribution in [0.15, 0.2) is 24.4 Å². The van der Waals surface area contributed by atoms with Crippen molar-refractivity contribution < 1.29 is 18.0 Å². The van der Waals surface area contributed by atoms with E-state index in [1.54, 1.807) is 10.6 Å². The van der Waals surface area contributed by atoms with Gasteiger partial charge in [0.15, 0.2) is 5.65 Å². The Labute approximate surface area is 146 Å². The second-order valence-corrected chi connectivity index (χ2v) is 6.42. The van der Waals surface area contributed by atoms with Crippen LogP contribution in [0.3, 0.4) is 0 Å². The molecule has 4 heterocycles.